The number of hydrogen-bond acceptors (Lipinski definition) is 5. The van der Waals surface area contributed by atoms with E-state index in [1.54, 1.807) is 25.5 Å². The quantitative estimate of drug-likeness (QED) is 0.493. The van der Waals surface area contributed by atoms with Crippen LogP contribution in [0.25, 0.3) is 5.57 Å². The molecule has 0 aliphatic carbocycles. The van der Waals surface area contributed by atoms with Gasteiger partial charge >= 0.3 is 0 Å². The van der Waals surface area contributed by atoms with Crippen molar-refractivity contribution in [3.63, 3.8) is 0 Å². The van der Waals surface area contributed by atoms with Gasteiger partial charge in [-0.15, -0.1) is 0 Å². The van der Waals surface area contributed by atoms with E-state index in [1.807, 2.05) is 24.3 Å². The van der Waals surface area contributed by atoms with E-state index in [4.69, 9.17) is 9.47 Å². The van der Waals surface area contributed by atoms with Crippen LogP contribution in [0.4, 0.5) is 5.69 Å². The van der Waals surface area contributed by atoms with Gasteiger partial charge in [0.05, 0.1) is 18.9 Å². The lowest BCUT2D eigenvalue weighted by atomic mass is 9.88. The van der Waals surface area contributed by atoms with Crippen molar-refractivity contribution in [2.75, 3.05) is 25.7 Å². The molecule has 1 aliphatic heterocycles. The summed E-state index contributed by atoms with van der Waals surface area (Å²) in [6.45, 7) is 6.32. The van der Waals surface area contributed by atoms with Crippen molar-refractivity contribution >= 4 is 39.3 Å². The van der Waals surface area contributed by atoms with Crippen molar-refractivity contribution in [2.45, 2.75) is 26.3 Å². The van der Waals surface area contributed by atoms with Gasteiger partial charge in [-0.25, -0.2) is 5.43 Å². The van der Waals surface area contributed by atoms with Gasteiger partial charge in [0.1, 0.15) is 11.5 Å². The summed E-state index contributed by atoms with van der Waals surface area (Å²) in [7, 11) is 3.70. The molecule has 2 aromatic rings. The summed E-state index contributed by atoms with van der Waals surface area (Å²) in [5.74, 6) is 0.948. The Morgan fingerprint density at radius 3 is 2.77 bits per heavy atom. The van der Waals surface area contributed by atoms with Crippen LogP contribution in [0.5, 0.6) is 11.5 Å². The van der Waals surface area contributed by atoms with Crippen LogP contribution in [-0.2, 0) is 4.79 Å². The van der Waals surface area contributed by atoms with E-state index in [-0.39, 0.29) is 18.1 Å². The maximum atomic E-state index is 12.0. The third-order valence-electron chi connectivity index (χ3n) is 5.13. The molecule has 7 heteroatoms. The molecular formula is C23H26BrN3O3. The number of carbonyl (C=O) groups excluding carboxylic acids is 1. The van der Waals surface area contributed by atoms with Crippen molar-refractivity contribution in [3.8, 4) is 11.5 Å². The highest BCUT2D eigenvalue weighted by molar-refractivity contribution is 9.10. The molecule has 0 saturated heterocycles. The van der Waals surface area contributed by atoms with E-state index < -0.39 is 0 Å². The van der Waals surface area contributed by atoms with E-state index in [2.05, 4.69) is 65.3 Å². The normalized spacial score (nSPS) is 14.9. The van der Waals surface area contributed by atoms with Crippen molar-refractivity contribution in [3.05, 3.63) is 58.1 Å². The van der Waals surface area contributed by atoms with Crippen LogP contribution < -0.4 is 19.8 Å². The molecule has 6 nitrogen and oxygen atoms in total. The third-order valence-corrected chi connectivity index (χ3v) is 5.62. The molecule has 30 heavy (non-hydrogen) atoms. The second-order valence-corrected chi connectivity index (χ2v) is 8.61. The molecule has 1 N–H and O–H groups in total. The van der Waals surface area contributed by atoms with Gasteiger partial charge in [-0.1, -0.05) is 28.1 Å². The number of rotatable bonds is 6. The van der Waals surface area contributed by atoms with Gasteiger partial charge < -0.3 is 14.4 Å². The first-order valence-electron chi connectivity index (χ1n) is 9.57. The van der Waals surface area contributed by atoms with E-state index in [0.717, 1.165) is 21.3 Å². The van der Waals surface area contributed by atoms with E-state index in [0.29, 0.717) is 11.5 Å². The van der Waals surface area contributed by atoms with Gasteiger partial charge in [0.2, 0.25) is 0 Å². The van der Waals surface area contributed by atoms with Gasteiger partial charge in [-0.05, 0) is 50.6 Å². The predicted molar refractivity (Wildman–Crippen MR) is 125 cm³/mol. The number of likely N-dealkylation sites (N-methyl/N-ethyl adjacent to an activating group) is 1. The summed E-state index contributed by atoms with van der Waals surface area (Å²) in [6.07, 6.45) is 3.83. The summed E-state index contributed by atoms with van der Waals surface area (Å²) >= 11 is 3.37. The van der Waals surface area contributed by atoms with Crippen molar-refractivity contribution in [1.29, 1.82) is 0 Å². The monoisotopic (exact) mass is 471 g/mol. The highest BCUT2D eigenvalue weighted by Crippen LogP contribution is 2.40. The van der Waals surface area contributed by atoms with Crippen LogP contribution in [-0.4, -0.2) is 38.4 Å². The first-order chi connectivity index (χ1) is 14.2. The lowest BCUT2D eigenvalue weighted by Crippen LogP contribution is -2.42. The average Bonchev–Trinajstić information content (AvgIpc) is 2.70. The number of fused-ring (bicyclic) bond motifs is 1. The molecule has 0 spiro atoms. The molecular weight excluding hydrogens is 446 g/mol. The lowest BCUT2D eigenvalue weighted by Gasteiger charge is -2.40. The minimum atomic E-state index is -0.347. The van der Waals surface area contributed by atoms with Crippen molar-refractivity contribution < 1.29 is 14.3 Å². The summed E-state index contributed by atoms with van der Waals surface area (Å²) in [5, 5.41) is 4.07. The number of amides is 1. The van der Waals surface area contributed by atoms with E-state index >= 15 is 0 Å². The highest BCUT2D eigenvalue weighted by atomic mass is 79.9. The smallest absolute Gasteiger partial charge is 0.277 e. The molecule has 0 bridgehead atoms. The average molecular weight is 472 g/mol. The second kappa shape index (κ2) is 8.92. The minimum Gasteiger partial charge on any atom is -0.496 e. The fourth-order valence-electron chi connectivity index (χ4n) is 3.38. The summed E-state index contributed by atoms with van der Waals surface area (Å²) in [6, 6.07) is 11.3. The molecule has 0 atom stereocenters. The number of allylic oxidation sites excluding steroid dienone is 1. The third kappa shape index (κ3) is 4.84. The Bertz CT molecular complexity index is 1010. The van der Waals surface area contributed by atoms with Crippen LogP contribution in [0.15, 0.2) is 52.0 Å². The van der Waals surface area contributed by atoms with Crippen molar-refractivity contribution in [1.82, 2.24) is 5.43 Å². The van der Waals surface area contributed by atoms with Gasteiger partial charge in [0.25, 0.3) is 5.91 Å². The fraction of sp³-hybridized carbons (Fsp3) is 0.304. The highest BCUT2D eigenvalue weighted by Gasteiger charge is 2.29. The number of benzene rings is 2. The lowest BCUT2D eigenvalue weighted by molar-refractivity contribution is -0.123. The van der Waals surface area contributed by atoms with Gasteiger partial charge in [0.15, 0.2) is 6.61 Å². The fourth-order valence-corrected chi connectivity index (χ4v) is 3.76. The standard InChI is InChI=1S/C23H26BrN3O3/c1-15-12-23(2,3)27(4)20-11-21(29-5)16(9-19(15)20)13-25-26-22(28)14-30-18-8-6-7-17(24)10-18/h6-13H,14H2,1-5H3,(H,26,28)/b25-13+. The minimum absolute atomic E-state index is 0.0833. The zero-order chi connectivity index (χ0) is 21.9. The summed E-state index contributed by atoms with van der Waals surface area (Å²) in [4.78, 5) is 14.3. The van der Waals surface area contributed by atoms with E-state index in [1.165, 1.54) is 5.57 Å². The van der Waals surface area contributed by atoms with Crippen LogP contribution in [0.1, 0.15) is 31.9 Å². The Morgan fingerprint density at radius 2 is 2.07 bits per heavy atom. The molecule has 3 rings (SSSR count). The number of ether oxygens (including phenoxy) is 2. The Hall–Kier alpha value is -2.80. The molecule has 158 valence electrons. The number of nitrogens with one attached hydrogen (secondary N) is 1. The molecule has 0 saturated carbocycles. The van der Waals surface area contributed by atoms with Gasteiger partial charge in [-0.3, -0.25) is 4.79 Å². The number of hydrazone groups is 1. The Labute approximate surface area is 185 Å². The molecule has 1 heterocycles. The molecule has 0 unspecified atom stereocenters. The maximum Gasteiger partial charge on any atom is 0.277 e. The molecule has 0 fully saturated rings. The number of methoxy groups -OCH3 is 1. The molecule has 1 amide bonds. The van der Waals surface area contributed by atoms with Gasteiger partial charge in [0, 0.05) is 34.4 Å². The van der Waals surface area contributed by atoms with Gasteiger partial charge in [-0.2, -0.15) is 5.10 Å². The van der Waals surface area contributed by atoms with Crippen LogP contribution in [0, 0.1) is 0 Å². The predicted octanol–water partition coefficient (Wildman–Crippen LogP) is 4.62. The SMILES string of the molecule is COc1cc2c(cc1/C=N/NC(=O)COc1cccc(Br)c1)C(C)=CC(C)(C)N2C. The molecule has 2 aromatic carbocycles. The topological polar surface area (TPSA) is 63.2 Å². The number of carbonyl (C=O) groups is 1. The van der Waals surface area contributed by atoms with Crippen LogP contribution >= 0.6 is 15.9 Å². The first-order valence-corrected chi connectivity index (χ1v) is 10.4. The van der Waals surface area contributed by atoms with Crippen LogP contribution in [0.3, 0.4) is 0 Å². The zero-order valence-corrected chi connectivity index (χ0v) is 19.4. The Balaban J connectivity index is 1.71. The molecule has 0 radical (unpaired) electrons. The maximum absolute atomic E-state index is 12.0. The van der Waals surface area contributed by atoms with Crippen LogP contribution in [0.2, 0.25) is 0 Å². The summed E-state index contributed by atoms with van der Waals surface area (Å²) < 4.78 is 11.9. The summed E-state index contributed by atoms with van der Waals surface area (Å²) in [5.41, 5.74) is 6.60. The molecule has 0 aromatic heterocycles. The number of halogens is 1. The largest absolute Gasteiger partial charge is 0.496 e. The zero-order valence-electron chi connectivity index (χ0n) is 17.8. The second-order valence-electron chi connectivity index (χ2n) is 7.69. The van der Waals surface area contributed by atoms with Crippen molar-refractivity contribution in [2.24, 2.45) is 5.10 Å². The number of nitrogens with zero attached hydrogens (tertiary/aromatic N) is 2. The number of hydrogen-bond donors (Lipinski definition) is 1. The Kier molecular flexibility index (Phi) is 6.51. The first kappa shape index (κ1) is 21.9. The Morgan fingerprint density at radius 1 is 1.30 bits per heavy atom. The molecule has 1 aliphatic rings. The van der Waals surface area contributed by atoms with E-state index in [9.17, 15) is 4.79 Å². The number of anilines is 1.